The average Bonchev–Trinajstić information content (AvgIpc) is 3.06. The first-order valence-corrected chi connectivity index (χ1v) is 9.87. The van der Waals surface area contributed by atoms with Crippen LogP contribution in [-0.2, 0) is 17.9 Å². The van der Waals surface area contributed by atoms with Gasteiger partial charge in [-0.05, 0) is 57.0 Å². The summed E-state index contributed by atoms with van der Waals surface area (Å²) in [6, 6.07) is 8.18. The van der Waals surface area contributed by atoms with Gasteiger partial charge in [-0.3, -0.25) is 9.88 Å². The number of likely N-dealkylation sites (tertiary alicyclic amines) is 1. The van der Waals surface area contributed by atoms with E-state index in [0.29, 0.717) is 6.61 Å². The Morgan fingerprint density at radius 3 is 3.04 bits per heavy atom. The first kappa shape index (κ1) is 19.1. The van der Waals surface area contributed by atoms with Crippen molar-refractivity contribution in [2.24, 2.45) is 0 Å². The lowest BCUT2D eigenvalue weighted by Crippen LogP contribution is -2.38. The van der Waals surface area contributed by atoms with Crippen LogP contribution in [-0.4, -0.2) is 39.8 Å². The van der Waals surface area contributed by atoms with E-state index in [2.05, 4.69) is 33.9 Å². The van der Waals surface area contributed by atoms with Gasteiger partial charge in [0.2, 0.25) is 0 Å². The van der Waals surface area contributed by atoms with Crippen molar-refractivity contribution in [3.63, 3.8) is 0 Å². The Kier molecular flexibility index (Phi) is 6.44. The molecule has 1 aliphatic heterocycles. The van der Waals surface area contributed by atoms with Gasteiger partial charge in [0.15, 0.2) is 0 Å². The third-order valence-electron chi connectivity index (χ3n) is 4.20. The number of hydrogen-bond donors (Lipinski definition) is 1. The summed E-state index contributed by atoms with van der Waals surface area (Å²) >= 11 is 1.70. The predicted molar refractivity (Wildman–Crippen MR) is 105 cm³/mol. The molecule has 3 heterocycles. The zero-order valence-electron chi connectivity index (χ0n) is 15.4. The van der Waals surface area contributed by atoms with Crippen molar-refractivity contribution in [1.29, 1.82) is 0 Å². The van der Waals surface area contributed by atoms with E-state index in [1.54, 1.807) is 31.4 Å². The van der Waals surface area contributed by atoms with Crippen LogP contribution in [0, 0.1) is 11.8 Å². The molecule has 5 heteroatoms. The van der Waals surface area contributed by atoms with Gasteiger partial charge in [-0.25, -0.2) is 0 Å². The summed E-state index contributed by atoms with van der Waals surface area (Å²) in [5, 5.41) is 9.71. The predicted octanol–water partition coefficient (Wildman–Crippen LogP) is 3.45. The highest BCUT2D eigenvalue weighted by molar-refractivity contribution is 7.12. The molecule has 1 unspecified atom stereocenters. The van der Waals surface area contributed by atoms with Crippen LogP contribution in [0.15, 0.2) is 36.7 Å². The summed E-state index contributed by atoms with van der Waals surface area (Å²) in [6.07, 6.45) is 6.20. The highest BCUT2D eigenvalue weighted by Gasteiger charge is 2.21. The number of rotatable bonds is 5. The van der Waals surface area contributed by atoms with Crippen molar-refractivity contribution in [1.82, 2.24) is 9.88 Å². The molecule has 2 aromatic heterocycles. The normalized spacial score (nSPS) is 18.3. The number of aromatic nitrogens is 1. The molecule has 1 aliphatic rings. The maximum absolute atomic E-state index is 9.71. The monoisotopic (exact) mass is 370 g/mol. The molecule has 0 amide bonds. The number of ether oxygens (including phenoxy) is 1. The minimum Gasteiger partial charge on any atom is -0.378 e. The molecule has 1 atom stereocenters. The second-order valence-corrected chi connectivity index (χ2v) is 8.41. The molecule has 0 aliphatic carbocycles. The standard InChI is InChI=1S/C21H26N2O2S/c1-21(2,24)10-9-19-7-8-20(26-19)15-23-12-4-6-18(14-23)25-16-17-5-3-11-22-13-17/h3,5,7-8,11,13,18,24H,4,6,12,14-16H2,1-2H3. The number of thiophene rings is 1. The van der Waals surface area contributed by atoms with Crippen LogP contribution in [0.25, 0.3) is 0 Å². The van der Waals surface area contributed by atoms with Crippen LogP contribution in [0.2, 0.25) is 0 Å². The van der Waals surface area contributed by atoms with E-state index in [1.807, 2.05) is 18.3 Å². The van der Waals surface area contributed by atoms with Gasteiger partial charge in [0, 0.05) is 30.4 Å². The minimum absolute atomic E-state index is 0.276. The van der Waals surface area contributed by atoms with E-state index in [4.69, 9.17) is 4.74 Å². The smallest absolute Gasteiger partial charge is 0.120 e. The number of aliphatic hydroxyl groups is 1. The number of piperidine rings is 1. The van der Waals surface area contributed by atoms with Gasteiger partial charge in [-0.1, -0.05) is 17.9 Å². The number of hydrogen-bond acceptors (Lipinski definition) is 5. The van der Waals surface area contributed by atoms with Crippen LogP contribution in [0.1, 0.15) is 42.0 Å². The lowest BCUT2D eigenvalue weighted by atomic mass is 10.1. The summed E-state index contributed by atoms with van der Waals surface area (Å²) in [5.74, 6) is 5.93. The fraction of sp³-hybridized carbons (Fsp3) is 0.476. The molecule has 1 N–H and O–H groups in total. The second kappa shape index (κ2) is 8.79. The van der Waals surface area contributed by atoms with E-state index in [9.17, 15) is 5.11 Å². The summed E-state index contributed by atoms with van der Waals surface area (Å²) in [4.78, 5) is 8.90. The lowest BCUT2D eigenvalue weighted by Gasteiger charge is -2.32. The Hall–Kier alpha value is -1.71. The molecule has 3 rings (SSSR count). The Morgan fingerprint density at radius 2 is 2.27 bits per heavy atom. The molecule has 1 fully saturated rings. The fourth-order valence-corrected chi connectivity index (χ4v) is 3.86. The molecule has 4 nitrogen and oxygen atoms in total. The first-order valence-electron chi connectivity index (χ1n) is 9.05. The van der Waals surface area contributed by atoms with Gasteiger partial charge in [-0.2, -0.15) is 0 Å². The summed E-state index contributed by atoms with van der Waals surface area (Å²) in [7, 11) is 0. The van der Waals surface area contributed by atoms with Crippen LogP contribution in [0.3, 0.4) is 0 Å². The Morgan fingerprint density at radius 1 is 1.38 bits per heavy atom. The molecule has 138 valence electrons. The number of pyridine rings is 1. The molecule has 0 saturated carbocycles. The highest BCUT2D eigenvalue weighted by atomic mass is 32.1. The van der Waals surface area contributed by atoms with E-state index in [1.165, 1.54) is 4.88 Å². The molecule has 0 spiro atoms. The van der Waals surface area contributed by atoms with Gasteiger partial charge >= 0.3 is 0 Å². The maximum atomic E-state index is 9.71. The second-order valence-electron chi connectivity index (χ2n) is 7.25. The van der Waals surface area contributed by atoms with Crippen molar-refractivity contribution < 1.29 is 9.84 Å². The average molecular weight is 371 g/mol. The molecule has 0 radical (unpaired) electrons. The molecule has 1 saturated heterocycles. The van der Waals surface area contributed by atoms with Crippen LogP contribution < -0.4 is 0 Å². The van der Waals surface area contributed by atoms with Gasteiger partial charge < -0.3 is 9.84 Å². The van der Waals surface area contributed by atoms with Crippen LogP contribution in [0.5, 0.6) is 0 Å². The van der Waals surface area contributed by atoms with Crippen molar-refractivity contribution >= 4 is 11.3 Å². The van der Waals surface area contributed by atoms with E-state index in [-0.39, 0.29) is 6.10 Å². The maximum Gasteiger partial charge on any atom is 0.120 e. The van der Waals surface area contributed by atoms with Gasteiger partial charge in [0.1, 0.15) is 5.60 Å². The van der Waals surface area contributed by atoms with Crippen LogP contribution in [0.4, 0.5) is 0 Å². The molecule has 26 heavy (non-hydrogen) atoms. The molecular weight excluding hydrogens is 344 g/mol. The SMILES string of the molecule is CC(C)(O)C#Cc1ccc(CN2CCCC(OCc3cccnc3)C2)s1. The topological polar surface area (TPSA) is 45.6 Å². The van der Waals surface area contributed by atoms with Gasteiger partial charge in [0.05, 0.1) is 17.6 Å². The van der Waals surface area contributed by atoms with E-state index < -0.39 is 5.60 Å². The van der Waals surface area contributed by atoms with E-state index >= 15 is 0 Å². The highest BCUT2D eigenvalue weighted by Crippen LogP contribution is 2.21. The lowest BCUT2D eigenvalue weighted by molar-refractivity contribution is -0.0119. The van der Waals surface area contributed by atoms with Gasteiger partial charge in [-0.15, -0.1) is 11.3 Å². The zero-order valence-corrected chi connectivity index (χ0v) is 16.3. The molecular formula is C21H26N2O2S. The minimum atomic E-state index is -0.949. The fourth-order valence-electron chi connectivity index (χ4n) is 2.96. The molecule has 2 aromatic rings. The zero-order chi connectivity index (χ0) is 18.4. The van der Waals surface area contributed by atoms with E-state index in [0.717, 1.165) is 42.9 Å². The molecule has 0 aromatic carbocycles. The third kappa shape index (κ3) is 6.22. The number of nitrogens with zero attached hydrogens (tertiary/aromatic N) is 2. The Labute approximate surface area is 159 Å². The van der Waals surface area contributed by atoms with Crippen molar-refractivity contribution in [3.05, 3.63) is 52.0 Å². The first-order chi connectivity index (χ1) is 12.5. The Bertz CT molecular complexity index is 756. The van der Waals surface area contributed by atoms with Crippen molar-refractivity contribution in [2.75, 3.05) is 13.1 Å². The quantitative estimate of drug-likeness (QED) is 0.819. The third-order valence-corrected chi connectivity index (χ3v) is 5.19. The summed E-state index contributed by atoms with van der Waals surface area (Å²) < 4.78 is 6.09. The molecule has 0 bridgehead atoms. The van der Waals surface area contributed by atoms with Crippen LogP contribution >= 0.6 is 11.3 Å². The summed E-state index contributed by atoms with van der Waals surface area (Å²) in [5.41, 5.74) is 0.175. The van der Waals surface area contributed by atoms with Crippen molar-refractivity contribution in [2.45, 2.75) is 51.5 Å². The van der Waals surface area contributed by atoms with Crippen molar-refractivity contribution in [3.8, 4) is 11.8 Å². The Balaban J connectivity index is 1.50. The summed E-state index contributed by atoms with van der Waals surface area (Å²) in [6.45, 7) is 7.03. The largest absolute Gasteiger partial charge is 0.378 e. The van der Waals surface area contributed by atoms with Gasteiger partial charge in [0.25, 0.3) is 0 Å².